The van der Waals surface area contributed by atoms with Crippen LogP contribution in [-0.2, 0) is 11.2 Å². The molecule has 0 atom stereocenters. The van der Waals surface area contributed by atoms with Crippen LogP contribution in [0, 0.1) is 0 Å². The van der Waals surface area contributed by atoms with E-state index in [0.29, 0.717) is 6.42 Å². The van der Waals surface area contributed by atoms with E-state index in [2.05, 4.69) is 6.58 Å². The lowest BCUT2D eigenvalue weighted by molar-refractivity contribution is -0.114. The Labute approximate surface area is 77.4 Å². The summed E-state index contributed by atoms with van der Waals surface area (Å²) in [6, 6.07) is 7.95. The number of allylic oxidation sites excluding steroid dienone is 3. The maximum absolute atomic E-state index is 11.3. The number of carbonyl (C=O) groups is 1. The molecule has 0 aliphatic heterocycles. The van der Waals surface area contributed by atoms with Crippen molar-refractivity contribution < 1.29 is 4.79 Å². The van der Waals surface area contributed by atoms with Crippen molar-refractivity contribution >= 4 is 11.4 Å². The maximum atomic E-state index is 11.3. The third-order valence-electron chi connectivity index (χ3n) is 2.23. The third kappa shape index (κ3) is 1.33. The number of ketones is 1. The molecule has 0 amide bonds. The highest BCUT2D eigenvalue weighted by atomic mass is 16.1. The van der Waals surface area contributed by atoms with Gasteiger partial charge in [0, 0.05) is 6.42 Å². The van der Waals surface area contributed by atoms with E-state index < -0.39 is 0 Å². The second-order valence-electron chi connectivity index (χ2n) is 3.10. The molecule has 0 radical (unpaired) electrons. The van der Waals surface area contributed by atoms with Crippen molar-refractivity contribution in [3.63, 3.8) is 0 Å². The molecule has 1 aliphatic carbocycles. The van der Waals surface area contributed by atoms with Crippen molar-refractivity contribution in [2.45, 2.75) is 6.42 Å². The highest BCUT2D eigenvalue weighted by Crippen LogP contribution is 2.24. The Bertz CT molecular complexity index is 399. The number of benzene rings is 1. The Morgan fingerprint density at radius 2 is 2.08 bits per heavy atom. The maximum Gasteiger partial charge on any atom is 0.160 e. The van der Waals surface area contributed by atoms with Crippen LogP contribution in [0.25, 0.3) is 5.57 Å². The van der Waals surface area contributed by atoms with Crippen LogP contribution in [0.1, 0.15) is 11.1 Å². The summed E-state index contributed by atoms with van der Waals surface area (Å²) in [4.78, 5) is 11.3. The largest absolute Gasteiger partial charge is 0.294 e. The molecule has 1 nitrogen and oxygen atoms in total. The summed E-state index contributed by atoms with van der Waals surface area (Å²) in [5.41, 5.74) is 3.17. The Morgan fingerprint density at radius 1 is 1.31 bits per heavy atom. The summed E-state index contributed by atoms with van der Waals surface area (Å²) < 4.78 is 0. The summed E-state index contributed by atoms with van der Waals surface area (Å²) in [6.07, 6.45) is 3.92. The van der Waals surface area contributed by atoms with E-state index in [4.69, 9.17) is 0 Å². The normalized spacial score (nSPS) is 14.8. The first-order chi connectivity index (χ1) is 6.31. The van der Waals surface area contributed by atoms with E-state index in [1.54, 1.807) is 12.2 Å². The van der Waals surface area contributed by atoms with Crippen LogP contribution in [-0.4, -0.2) is 5.78 Å². The molecule has 0 saturated heterocycles. The molecule has 0 aromatic heterocycles. The van der Waals surface area contributed by atoms with Gasteiger partial charge >= 0.3 is 0 Å². The van der Waals surface area contributed by atoms with Gasteiger partial charge in [0.05, 0.1) is 0 Å². The highest BCUT2D eigenvalue weighted by molar-refractivity contribution is 6.03. The number of carbonyl (C=O) groups excluding carboxylic acids is 1. The third-order valence-corrected chi connectivity index (χ3v) is 2.23. The van der Waals surface area contributed by atoms with Gasteiger partial charge < -0.3 is 0 Å². The van der Waals surface area contributed by atoms with Gasteiger partial charge in [-0.25, -0.2) is 0 Å². The van der Waals surface area contributed by atoms with Crippen molar-refractivity contribution in [2.75, 3.05) is 0 Å². The van der Waals surface area contributed by atoms with E-state index in [1.807, 2.05) is 24.3 Å². The second kappa shape index (κ2) is 3.02. The Morgan fingerprint density at radius 3 is 2.85 bits per heavy atom. The predicted octanol–water partition coefficient (Wildman–Crippen LogP) is 2.38. The molecule has 0 fully saturated rings. The predicted molar refractivity (Wildman–Crippen MR) is 53.3 cm³/mol. The summed E-state index contributed by atoms with van der Waals surface area (Å²) in [5.74, 6) is 0.161. The van der Waals surface area contributed by atoms with Crippen molar-refractivity contribution in [3.8, 4) is 0 Å². The molecule has 1 aliphatic rings. The molecule has 0 bridgehead atoms. The second-order valence-corrected chi connectivity index (χ2v) is 3.10. The zero-order valence-corrected chi connectivity index (χ0v) is 7.29. The van der Waals surface area contributed by atoms with E-state index in [9.17, 15) is 4.79 Å². The van der Waals surface area contributed by atoms with Crippen LogP contribution in [0.3, 0.4) is 0 Å². The van der Waals surface area contributed by atoms with Gasteiger partial charge in [-0.1, -0.05) is 36.9 Å². The molecule has 64 valence electrons. The van der Waals surface area contributed by atoms with E-state index in [-0.39, 0.29) is 5.78 Å². The van der Waals surface area contributed by atoms with Gasteiger partial charge in [0.15, 0.2) is 5.78 Å². The van der Waals surface area contributed by atoms with Crippen molar-refractivity contribution in [3.05, 3.63) is 54.1 Å². The average Bonchev–Trinajstić information content (AvgIpc) is 2.16. The minimum Gasteiger partial charge on any atom is -0.294 e. The zero-order valence-electron chi connectivity index (χ0n) is 7.29. The Balaban J connectivity index is 2.61. The molecule has 13 heavy (non-hydrogen) atoms. The lowest BCUT2D eigenvalue weighted by Crippen LogP contribution is -2.07. The standard InChI is InChI=1S/C12H10O/c1-2-9-7-11(13)8-10-5-3-4-6-12(9)10/h2-7H,1,8H2. The summed E-state index contributed by atoms with van der Waals surface area (Å²) in [5, 5.41) is 0. The summed E-state index contributed by atoms with van der Waals surface area (Å²) >= 11 is 0. The van der Waals surface area contributed by atoms with Crippen molar-refractivity contribution in [2.24, 2.45) is 0 Å². The summed E-state index contributed by atoms with van der Waals surface area (Å²) in [7, 11) is 0. The molecule has 0 heterocycles. The highest BCUT2D eigenvalue weighted by Gasteiger charge is 2.13. The smallest absolute Gasteiger partial charge is 0.160 e. The number of hydrogen-bond donors (Lipinski definition) is 0. The first kappa shape index (κ1) is 7.99. The summed E-state index contributed by atoms with van der Waals surface area (Å²) in [6.45, 7) is 3.70. The fourth-order valence-corrected chi connectivity index (χ4v) is 1.61. The van der Waals surface area contributed by atoms with Crippen LogP contribution < -0.4 is 0 Å². The van der Waals surface area contributed by atoms with Crippen molar-refractivity contribution in [1.29, 1.82) is 0 Å². The van der Waals surface area contributed by atoms with Crippen LogP contribution >= 0.6 is 0 Å². The lowest BCUT2D eigenvalue weighted by Gasteiger charge is -2.13. The lowest BCUT2D eigenvalue weighted by atomic mass is 9.90. The quantitative estimate of drug-likeness (QED) is 0.632. The monoisotopic (exact) mass is 170 g/mol. The fraction of sp³-hybridized carbons (Fsp3) is 0.0833. The molecule has 0 spiro atoms. The van der Waals surface area contributed by atoms with Crippen LogP contribution in [0.2, 0.25) is 0 Å². The average molecular weight is 170 g/mol. The number of fused-ring (bicyclic) bond motifs is 1. The van der Waals surface area contributed by atoms with Crippen LogP contribution in [0.4, 0.5) is 0 Å². The van der Waals surface area contributed by atoms with Gasteiger partial charge in [0.1, 0.15) is 0 Å². The van der Waals surface area contributed by atoms with Crippen molar-refractivity contribution in [1.82, 2.24) is 0 Å². The van der Waals surface area contributed by atoms with Gasteiger partial charge in [-0.15, -0.1) is 0 Å². The fourth-order valence-electron chi connectivity index (χ4n) is 1.61. The molecule has 1 heteroatoms. The van der Waals surface area contributed by atoms with Crippen LogP contribution in [0.5, 0.6) is 0 Å². The molecule has 2 rings (SSSR count). The van der Waals surface area contributed by atoms with Gasteiger partial charge in [-0.2, -0.15) is 0 Å². The number of rotatable bonds is 1. The van der Waals surface area contributed by atoms with Gasteiger partial charge in [-0.3, -0.25) is 4.79 Å². The SMILES string of the molecule is C=CC1=CC(=O)Cc2ccccc21. The molecule has 0 saturated carbocycles. The van der Waals surface area contributed by atoms with E-state index in [1.165, 1.54) is 0 Å². The Kier molecular flexibility index (Phi) is 1.85. The number of hydrogen-bond acceptors (Lipinski definition) is 1. The minimum atomic E-state index is 0.161. The molecular formula is C12H10O. The molecule has 0 unspecified atom stereocenters. The van der Waals surface area contributed by atoms with Gasteiger partial charge in [0.25, 0.3) is 0 Å². The Hall–Kier alpha value is -1.63. The zero-order chi connectivity index (χ0) is 9.26. The van der Waals surface area contributed by atoms with Crippen LogP contribution in [0.15, 0.2) is 43.0 Å². The van der Waals surface area contributed by atoms with E-state index >= 15 is 0 Å². The first-order valence-electron chi connectivity index (χ1n) is 4.26. The van der Waals surface area contributed by atoms with Gasteiger partial charge in [0.2, 0.25) is 0 Å². The first-order valence-corrected chi connectivity index (χ1v) is 4.26. The minimum absolute atomic E-state index is 0.161. The topological polar surface area (TPSA) is 17.1 Å². The molecule has 1 aromatic carbocycles. The van der Waals surface area contributed by atoms with E-state index in [0.717, 1.165) is 16.7 Å². The molecular weight excluding hydrogens is 160 g/mol. The molecule has 0 N–H and O–H groups in total. The van der Waals surface area contributed by atoms with Gasteiger partial charge in [-0.05, 0) is 22.8 Å². The molecule has 1 aromatic rings.